The average Bonchev–Trinajstić information content (AvgIpc) is 2.19. The fourth-order valence-corrected chi connectivity index (χ4v) is 2.40. The van der Waals surface area contributed by atoms with Crippen LogP contribution < -0.4 is 11.1 Å². The maximum atomic E-state index is 5.94. The van der Waals surface area contributed by atoms with Crippen LogP contribution >= 0.6 is 0 Å². The maximum Gasteiger partial charge on any atom is 0.0619 e. The second kappa shape index (κ2) is 4.40. The topological polar surface area (TPSA) is 47.3 Å². The predicted molar refractivity (Wildman–Crippen MR) is 52.5 cm³/mol. The van der Waals surface area contributed by atoms with Crippen molar-refractivity contribution in [3.8, 4) is 0 Å². The Morgan fingerprint density at radius 2 is 1.92 bits per heavy atom. The Bertz CT molecular complexity index is 157. The van der Waals surface area contributed by atoms with Crippen LogP contribution in [0.15, 0.2) is 0 Å². The first-order chi connectivity index (χ1) is 6.36. The molecular weight excluding hydrogens is 164 g/mol. The monoisotopic (exact) mass is 184 g/mol. The molecule has 0 aromatic heterocycles. The highest BCUT2D eigenvalue weighted by Crippen LogP contribution is 2.25. The highest BCUT2D eigenvalue weighted by Gasteiger charge is 2.28. The van der Waals surface area contributed by atoms with Gasteiger partial charge in [0, 0.05) is 12.6 Å². The van der Waals surface area contributed by atoms with Crippen LogP contribution in [0.1, 0.15) is 25.7 Å². The molecule has 2 heterocycles. The van der Waals surface area contributed by atoms with E-state index in [2.05, 4.69) is 5.32 Å². The van der Waals surface area contributed by atoms with Gasteiger partial charge in [0.05, 0.1) is 6.10 Å². The molecule has 2 rings (SSSR count). The summed E-state index contributed by atoms with van der Waals surface area (Å²) in [5.74, 6) is 0.757. The fraction of sp³-hybridized carbons (Fsp3) is 1.00. The van der Waals surface area contributed by atoms with Gasteiger partial charge in [-0.05, 0) is 44.7 Å². The van der Waals surface area contributed by atoms with E-state index in [0.29, 0.717) is 12.1 Å². The van der Waals surface area contributed by atoms with Crippen molar-refractivity contribution >= 4 is 0 Å². The van der Waals surface area contributed by atoms with Gasteiger partial charge in [-0.3, -0.25) is 0 Å². The lowest BCUT2D eigenvalue weighted by molar-refractivity contribution is -0.0350. The van der Waals surface area contributed by atoms with Gasteiger partial charge in [-0.25, -0.2) is 0 Å². The molecular formula is C10H20N2O. The van der Waals surface area contributed by atoms with Crippen molar-refractivity contribution in [1.29, 1.82) is 0 Å². The summed E-state index contributed by atoms with van der Waals surface area (Å²) in [5.41, 5.74) is 5.94. The number of hydrogen-bond acceptors (Lipinski definition) is 3. The van der Waals surface area contributed by atoms with Crippen LogP contribution in [0.2, 0.25) is 0 Å². The molecule has 2 aliphatic heterocycles. The molecule has 0 aliphatic carbocycles. The summed E-state index contributed by atoms with van der Waals surface area (Å²) in [6.07, 6.45) is 5.09. The molecule has 2 unspecified atom stereocenters. The molecule has 0 radical (unpaired) electrons. The molecule has 0 bridgehead atoms. The zero-order valence-electron chi connectivity index (χ0n) is 8.17. The van der Waals surface area contributed by atoms with Crippen LogP contribution in [0.4, 0.5) is 0 Å². The van der Waals surface area contributed by atoms with E-state index in [1.807, 2.05) is 0 Å². The molecule has 0 amide bonds. The molecule has 2 saturated heterocycles. The molecule has 76 valence electrons. The fourth-order valence-electron chi connectivity index (χ4n) is 2.40. The second-order valence-corrected chi connectivity index (χ2v) is 4.28. The lowest BCUT2D eigenvalue weighted by atomic mass is 9.87. The smallest absolute Gasteiger partial charge is 0.0619 e. The molecule has 0 aromatic rings. The third-order valence-electron chi connectivity index (χ3n) is 3.27. The summed E-state index contributed by atoms with van der Waals surface area (Å²) in [5, 5.41) is 3.38. The van der Waals surface area contributed by atoms with E-state index in [-0.39, 0.29) is 0 Å². The number of rotatable bonds is 1. The zero-order valence-corrected chi connectivity index (χ0v) is 8.17. The lowest BCUT2D eigenvalue weighted by Gasteiger charge is -2.35. The predicted octanol–water partition coefficient (Wildman–Crippen LogP) is 0.492. The minimum absolute atomic E-state index is 0.383. The van der Waals surface area contributed by atoms with Gasteiger partial charge in [0.25, 0.3) is 0 Å². The highest BCUT2D eigenvalue weighted by molar-refractivity contribution is 4.82. The van der Waals surface area contributed by atoms with E-state index in [1.54, 1.807) is 0 Å². The van der Waals surface area contributed by atoms with Crippen LogP contribution in [0.25, 0.3) is 0 Å². The maximum absolute atomic E-state index is 5.94. The molecule has 2 fully saturated rings. The zero-order chi connectivity index (χ0) is 9.10. The molecule has 0 spiro atoms. The van der Waals surface area contributed by atoms with Crippen LogP contribution in [0.3, 0.4) is 0 Å². The minimum Gasteiger partial charge on any atom is -0.378 e. The summed E-state index contributed by atoms with van der Waals surface area (Å²) in [7, 11) is 0. The quantitative estimate of drug-likeness (QED) is 0.623. The molecule has 13 heavy (non-hydrogen) atoms. The Balaban J connectivity index is 1.83. The molecule has 2 atom stereocenters. The third-order valence-corrected chi connectivity index (χ3v) is 3.27. The Morgan fingerprint density at radius 1 is 1.15 bits per heavy atom. The highest BCUT2D eigenvalue weighted by atomic mass is 16.5. The number of nitrogens with one attached hydrogen (secondary N) is 1. The minimum atomic E-state index is 0.383. The summed E-state index contributed by atoms with van der Waals surface area (Å²) >= 11 is 0. The molecule has 3 N–H and O–H groups in total. The van der Waals surface area contributed by atoms with Crippen LogP contribution in [-0.4, -0.2) is 31.8 Å². The summed E-state index contributed by atoms with van der Waals surface area (Å²) in [6.45, 7) is 3.18. The van der Waals surface area contributed by atoms with E-state index in [0.717, 1.165) is 38.5 Å². The van der Waals surface area contributed by atoms with Gasteiger partial charge in [0.2, 0.25) is 0 Å². The Morgan fingerprint density at radius 3 is 2.62 bits per heavy atom. The first kappa shape index (κ1) is 9.44. The van der Waals surface area contributed by atoms with Gasteiger partial charge in [-0.1, -0.05) is 0 Å². The van der Waals surface area contributed by atoms with Crippen LogP contribution in [0.5, 0.6) is 0 Å². The summed E-state index contributed by atoms with van der Waals surface area (Å²) in [4.78, 5) is 0. The van der Waals surface area contributed by atoms with E-state index >= 15 is 0 Å². The van der Waals surface area contributed by atoms with Crippen LogP contribution in [-0.2, 0) is 4.74 Å². The van der Waals surface area contributed by atoms with Crippen molar-refractivity contribution in [1.82, 2.24) is 5.32 Å². The van der Waals surface area contributed by atoms with Crippen molar-refractivity contribution in [2.75, 3.05) is 19.7 Å². The van der Waals surface area contributed by atoms with Gasteiger partial charge in [-0.2, -0.15) is 0 Å². The Labute approximate surface area is 80.0 Å². The molecule has 2 aliphatic rings. The number of nitrogens with two attached hydrogens (primary N) is 1. The summed E-state index contributed by atoms with van der Waals surface area (Å²) in [6, 6.07) is 0.383. The SMILES string of the molecule is NC1CCOC(C2CCNCC2)C1. The first-order valence-corrected chi connectivity index (χ1v) is 5.44. The van der Waals surface area contributed by atoms with Crippen molar-refractivity contribution in [3.63, 3.8) is 0 Å². The van der Waals surface area contributed by atoms with Crippen molar-refractivity contribution in [2.24, 2.45) is 11.7 Å². The normalized spacial score (nSPS) is 37.6. The van der Waals surface area contributed by atoms with Crippen molar-refractivity contribution in [3.05, 3.63) is 0 Å². The molecule has 3 nitrogen and oxygen atoms in total. The standard InChI is InChI=1S/C10H20N2O/c11-9-3-6-13-10(7-9)8-1-4-12-5-2-8/h8-10,12H,1-7,11H2. The Kier molecular flexibility index (Phi) is 3.19. The Hall–Kier alpha value is -0.120. The van der Waals surface area contributed by atoms with E-state index in [4.69, 9.17) is 10.5 Å². The van der Waals surface area contributed by atoms with Gasteiger partial charge < -0.3 is 15.8 Å². The van der Waals surface area contributed by atoms with E-state index in [9.17, 15) is 0 Å². The van der Waals surface area contributed by atoms with Gasteiger partial charge >= 0.3 is 0 Å². The van der Waals surface area contributed by atoms with Gasteiger partial charge in [0.15, 0.2) is 0 Å². The lowest BCUT2D eigenvalue weighted by Crippen LogP contribution is -2.42. The van der Waals surface area contributed by atoms with E-state index < -0.39 is 0 Å². The number of hydrogen-bond donors (Lipinski definition) is 2. The number of ether oxygens (including phenoxy) is 1. The first-order valence-electron chi connectivity index (χ1n) is 5.44. The van der Waals surface area contributed by atoms with Crippen molar-refractivity contribution in [2.45, 2.75) is 37.8 Å². The molecule has 0 saturated carbocycles. The third kappa shape index (κ3) is 2.42. The van der Waals surface area contributed by atoms with E-state index in [1.165, 1.54) is 12.8 Å². The molecule has 3 heteroatoms. The van der Waals surface area contributed by atoms with Crippen LogP contribution in [0, 0.1) is 5.92 Å². The van der Waals surface area contributed by atoms with Gasteiger partial charge in [0.1, 0.15) is 0 Å². The average molecular weight is 184 g/mol. The molecule has 0 aromatic carbocycles. The van der Waals surface area contributed by atoms with Crippen molar-refractivity contribution < 1.29 is 4.74 Å². The number of piperidine rings is 1. The largest absolute Gasteiger partial charge is 0.378 e. The summed E-state index contributed by atoms with van der Waals surface area (Å²) < 4.78 is 5.78. The van der Waals surface area contributed by atoms with Gasteiger partial charge in [-0.15, -0.1) is 0 Å². The second-order valence-electron chi connectivity index (χ2n) is 4.28.